The molecule has 2 rings (SSSR count). The van der Waals surface area contributed by atoms with Crippen LogP contribution in [0, 0.1) is 16.0 Å². The summed E-state index contributed by atoms with van der Waals surface area (Å²) in [7, 11) is 0. The number of rotatable bonds is 4. The van der Waals surface area contributed by atoms with Crippen LogP contribution < -0.4 is 10.2 Å². The number of non-ortho nitro benzene ring substituents is 1. The molecule has 25 heavy (non-hydrogen) atoms. The number of nitro groups is 1. The van der Waals surface area contributed by atoms with Gasteiger partial charge in [0.05, 0.1) is 15.6 Å². The lowest BCUT2D eigenvalue weighted by atomic mass is 9.96. The number of nitrogens with zero attached hydrogens (tertiary/aromatic N) is 2. The molecule has 0 unspecified atom stereocenters. The number of halogens is 1. The molecule has 1 amide bonds. The number of ether oxygens (including phenoxy) is 1. The lowest BCUT2D eigenvalue weighted by molar-refractivity contribution is -0.384. The summed E-state index contributed by atoms with van der Waals surface area (Å²) in [6, 6.07) is 4.55. The number of amides is 1. The summed E-state index contributed by atoms with van der Waals surface area (Å²) >= 11 is 6.19. The Kier molecular flexibility index (Phi) is 6.11. The van der Waals surface area contributed by atoms with E-state index in [2.05, 4.69) is 10.2 Å². The van der Waals surface area contributed by atoms with Crippen LogP contribution in [0.15, 0.2) is 18.2 Å². The molecular formula is C17H24ClN3O4. The van der Waals surface area contributed by atoms with Gasteiger partial charge in [0.25, 0.3) is 5.69 Å². The summed E-state index contributed by atoms with van der Waals surface area (Å²) in [5, 5.41) is 14.0. The highest BCUT2D eigenvalue weighted by atomic mass is 35.5. The minimum absolute atomic E-state index is 0.00908. The summed E-state index contributed by atoms with van der Waals surface area (Å²) in [6.45, 7) is 7.66. The van der Waals surface area contributed by atoms with Crippen molar-refractivity contribution in [2.75, 3.05) is 24.5 Å². The molecule has 0 aliphatic carbocycles. The number of carbonyl (C=O) groups is 1. The standard InChI is InChI=1S/C17H24ClN3O4/c1-17(2,3)25-16(22)19-11-12-6-8-20(9-7-12)15-5-4-13(21(23)24)10-14(15)18/h4-5,10,12H,6-9,11H2,1-3H3,(H,19,22). The van der Waals surface area contributed by atoms with Crippen molar-refractivity contribution in [2.45, 2.75) is 39.2 Å². The predicted molar refractivity (Wildman–Crippen MR) is 97.3 cm³/mol. The van der Waals surface area contributed by atoms with E-state index in [0.29, 0.717) is 17.5 Å². The maximum atomic E-state index is 11.7. The summed E-state index contributed by atoms with van der Waals surface area (Å²) in [5.41, 5.74) is 0.302. The fourth-order valence-electron chi connectivity index (χ4n) is 2.79. The first kappa shape index (κ1) is 19.3. The molecule has 0 atom stereocenters. The molecule has 0 radical (unpaired) electrons. The zero-order valence-electron chi connectivity index (χ0n) is 14.8. The molecule has 1 aromatic rings. The zero-order valence-corrected chi connectivity index (χ0v) is 15.5. The Morgan fingerprint density at radius 1 is 1.40 bits per heavy atom. The number of nitro benzene ring substituents is 1. The van der Waals surface area contributed by atoms with E-state index in [-0.39, 0.29) is 5.69 Å². The normalized spacial score (nSPS) is 15.8. The molecule has 0 spiro atoms. The summed E-state index contributed by atoms with van der Waals surface area (Å²) in [5.74, 6) is 0.376. The van der Waals surface area contributed by atoms with Gasteiger partial charge in [0.1, 0.15) is 5.60 Å². The number of hydrogen-bond donors (Lipinski definition) is 1. The first-order chi connectivity index (χ1) is 11.7. The zero-order chi connectivity index (χ0) is 18.6. The van der Waals surface area contributed by atoms with E-state index in [1.807, 2.05) is 20.8 Å². The third-order valence-electron chi connectivity index (χ3n) is 4.03. The van der Waals surface area contributed by atoms with Gasteiger partial charge in [-0.2, -0.15) is 0 Å². The maximum Gasteiger partial charge on any atom is 0.407 e. The van der Waals surface area contributed by atoms with Crippen LogP contribution in [0.3, 0.4) is 0 Å². The van der Waals surface area contributed by atoms with Crippen LogP contribution in [-0.2, 0) is 4.74 Å². The second-order valence-corrected chi connectivity index (χ2v) is 7.61. The maximum absolute atomic E-state index is 11.7. The smallest absolute Gasteiger partial charge is 0.407 e. The number of piperidine rings is 1. The topological polar surface area (TPSA) is 84.7 Å². The van der Waals surface area contributed by atoms with Crippen molar-refractivity contribution in [3.63, 3.8) is 0 Å². The van der Waals surface area contributed by atoms with E-state index >= 15 is 0 Å². The highest BCUT2D eigenvalue weighted by Gasteiger charge is 2.23. The Morgan fingerprint density at radius 2 is 2.04 bits per heavy atom. The van der Waals surface area contributed by atoms with Gasteiger partial charge in [-0.25, -0.2) is 4.79 Å². The van der Waals surface area contributed by atoms with Crippen molar-refractivity contribution in [3.8, 4) is 0 Å². The SMILES string of the molecule is CC(C)(C)OC(=O)NCC1CCN(c2ccc([N+](=O)[O-])cc2Cl)CC1. The van der Waals surface area contributed by atoms with Gasteiger partial charge >= 0.3 is 6.09 Å². The van der Waals surface area contributed by atoms with Crippen LogP contribution in [-0.4, -0.2) is 36.3 Å². The van der Waals surface area contributed by atoms with Gasteiger partial charge in [-0.05, 0) is 45.6 Å². The third-order valence-corrected chi connectivity index (χ3v) is 4.33. The number of benzene rings is 1. The van der Waals surface area contributed by atoms with E-state index < -0.39 is 16.6 Å². The quantitative estimate of drug-likeness (QED) is 0.640. The molecule has 7 nitrogen and oxygen atoms in total. The molecular weight excluding hydrogens is 346 g/mol. The predicted octanol–water partition coefficient (Wildman–Crippen LogP) is 3.99. The van der Waals surface area contributed by atoms with Crippen molar-refractivity contribution in [1.82, 2.24) is 5.32 Å². The number of hydrogen-bond acceptors (Lipinski definition) is 5. The fourth-order valence-corrected chi connectivity index (χ4v) is 3.08. The lowest BCUT2D eigenvalue weighted by Crippen LogP contribution is -2.40. The van der Waals surface area contributed by atoms with Gasteiger partial charge in [-0.3, -0.25) is 10.1 Å². The highest BCUT2D eigenvalue weighted by molar-refractivity contribution is 6.33. The fraction of sp³-hybridized carbons (Fsp3) is 0.588. The Labute approximate surface area is 152 Å². The summed E-state index contributed by atoms with van der Waals surface area (Å²) in [6.07, 6.45) is 1.42. The second-order valence-electron chi connectivity index (χ2n) is 7.21. The molecule has 1 heterocycles. The Hall–Kier alpha value is -2.02. The molecule has 1 aliphatic rings. The molecule has 138 valence electrons. The molecule has 8 heteroatoms. The second kappa shape index (κ2) is 7.91. The minimum Gasteiger partial charge on any atom is -0.444 e. The number of nitrogens with one attached hydrogen (secondary N) is 1. The van der Waals surface area contributed by atoms with E-state index in [4.69, 9.17) is 16.3 Å². The summed E-state index contributed by atoms with van der Waals surface area (Å²) < 4.78 is 5.23. The molecule has 1 fully saturated rings. The van der Waals surface area contributed by atoms with Crippen LogP contribution in [0.1, 0.15) is 33.6 Å². The molecule has 1 aromatic carbocycles. The molecule has 0 saturated carbocycles. The van der Waals surface area contributed by atoms with Gasteiger partial charge in [0.15, 0.2) is 0 Å². The first-order valence-electron chi connectivity index (χ1n) is 8.31. The van der Waals surface area contributed by atoms with Crippen LogP contribution in [0.4, 0.5) is 16.2 Å². The number of anilines is 1. The minimum atomic E-state index is -0.500. The van der Waals surface area contributed by atoms with E-state index in [0.717, 1.165) is 31.6 Å². The van der Waals surface area contributed by atoms with Gasteiger partial charge < -0.3 is 15.0 Å². The Bertz CT molecular complexity index is 637. The van der Waals surface area contributed by atoms with Crippen molar-refractivity contribution in [1.29, 1.82) is 0 Å². The van der Waals surface area contributed by atoms with Gasteiger partial charge in [-0.1, -0.05) is 11.6 Å². The van der Waals surface area contributed by atoms with Crippen molar-refractivity contribution < 1.29 is 14.5 Å². The van der Waals surface area contributed by atoms with Crippen LogP contribution in [0.5, 0.6) is 0 Å². The van der Waals surface area contributed by atoms with E-state index in [9.17, 15) is 14.9 Å². The average Bonchev–Trinajstić information content (AvgIpc) is 2.52. The van der Waals surface area contributed by atoms with Gasteiger partial charge in [0.2, 0.25) is 0 Å². The first-order valence-corrected chi connectivity index (χ1v) is 8.69. The lowest BCUT2D eigenvalue weighted by Gasteiger charge is -2.34. The van der Waals surface area contributed by atoms with Crippen molar-refractivity contribution >= 4 is 29.1 Å². The van der Waals surface area contributed by atoms with Crippen molar-refractivity contribution in [2.24, 2.45) is 5.92 Å². The van der Waals surface area contributed by atoms with Crippen LogP contribution in [0.25, 0.3) is 0 Å². The molecule has 1 saturated heterocycles. The van der Waals surface area contributed by atoms with Gasteiger partial charge in [0, 0.05) is 31.8 Å². The summed E-state index contributed by atoms with van der Waals surface area (Å²) in [4.78, 5) is 24.2. The monoisotopic (exact) mass is 369 g/mol. The Balaban J connectivity index is 1.84. The van der Waals surface area contributed by atoms with Gasteiger partial charge in [-0.15, -0.1) is 0 Å². The molecule has 0 aromatic heterocycles. The third kappa shape index (κ3) is 5.77. The Morgan fingerprint density at radius 3 is 2.56 bits per heavy atom. The van der Waals surface area contributed by atoms with Crippen LogP contribution >= 0.6 is 11.6 Å². The number of alkyl carbamates (subject to hydrolysis) is 1. The number of carbonyl (C=O) groups excluding carboxylic acids is 1. The largest absolute Gasteiger partial charge is 0.444 e. The highest BCUT2D eigenvalue weighted by Crippen LogP contribution is 2.32. The molecule has 1 aliphatic heterocycles. The average molecular weight is 370 g/mol. The van der Waals surface area contributed by atoms with E-state index in [1.54, 1.807) is 6.07 Å². The molecule has 1 N–H and O–H groups in total. The van der Waals surface area contributed by atoms with Crippen molar-refractivity contribution in [3.05, 3.63) is 33.3 Å². The molecule has 0 bridgehead atoms. The van der Waals surface area contributed by atoms with E-state index in [1.165, 1.54) is 12.1 Å². The van der Waals surface area contributed by atoms with Crippen LogP contribution in [0.2, 0.25) is 5.02 Å².